The van der Waals surface area contributed by atoms with Crippen molar-refractivity contribution in [3.05, 3.63) is 65.0 Å². The zero-order valence-corrected chi connectivity index (χ0v) is 11.5. The quantitative estimate of drug-likeness (QED) is 0.843. The van der Waals surface area contributed by atoms with Crippen LogP contribution in [0.2, 0.25) is 0 Å². The third-order valence-corrected chi connectivity index (χ3v) is 3.18. The Morgan fingerprint density at radius 1 is 1.25 bits per heavy atom. The van der Waals surface area contributed by atoms with Crippen molar-refractivity contribution in [2.75, 3.05) is 5.73 Å². The van der Waals surface area contributed by atoms with E-state index < -0.39 is 11.7 Å². The van der Waals surface area contributed by atoms with Gasteiger partial charge in [0.05, 0.1) is 11.6 Å². The molecule has 2 aromatic carbocycles. The van der Waals surface area contributed by atoms with E-state index in [9.17, 15) is 9.18 Å². The third-order valence-electron chi connectivity index (χ3n) is 3.18. The van der Waals surface area contributed by atoms with E-state index in [1.807, 2.05) is 25.1 Å². The molecule has 0 fully saturated rings. The van der Waals surface area contributed by atoms with Gasteiger partial charge >= 0.3 is 0 Å². The first-order chi connectivity index (χ1) is 9.49. The molecule has 0 saturated heterocycles. The normalized spacial score (nSPS) is 11.9. The van der Waals surface area contributed by atoms with Crippen LogP contribution in [0.25, 0.3) is 0 Å². The van der Waals surface area contributed by atoms with Crippen LogP contribution in [-0.4, -0.2) is 5.91 Å². The molecule has 0 radical (unpaired) electrons. The molecular weight excluding hydrogens is 255 g/mol. The van der Waals surface area contributed by atoms with Gasteiger partial charge in [0.2, 0.25) is 0 Å². The second-order valence-corrected chi connectivity index (χ2v) is 4.81. The average Bonchev–Trinajstić information content (AvgIpc) is 2.38. The lowest BCUT2D eigenvalue weighted by molar-refractivity contribution is 0.0936. The number of nitrogen functional groups attached to an aromatic ring is 1. The number of hydrogen-bond acceptors (Lipinski definition) is 2. The number of carbonyl (C=O) groups excluding carboxylic acids is 1. The zero-order chi connectivity index (χ0) is 14.7. The first kappa shape index (κ1) is 14.1. The Labute approximate surface area is 117 Å². The van der Waals surface area contributed by atoms with Gasteiger partial charge in [0, 0.05) is 5.69 Å². The van der Waals surface area contributed by atoms with Crippen LogP contribution in [-0.2, 0) is 0 Å². The molecule has 2 aromatic rings. The molecule has 104 valence electrons. The van der Waals surface area contributed by atoms with Crippen LogP contribution >= 0.6 is 0 Å². The molecule has 3 nitrogen and oxygen atoms in total. The van der Waals surface area contributed by atoms with Crippen LogP contribution in [0.4, 0.5) is 10.1 Å². The number of para-hydroxylation sites is 1. The van der Waals surface area contributed by atoms with Gasteiger partial charge in [0.25, 0.3) is 5.91 Å². The smallest absolute Gasteiger partial charge is 0.254 e. The van der Waals surface area contributed by atoms with Crippen LogP contribution in [0.5, 0.6) is 0 Å². The molecular formula is C16H17FN2O. The number of anilines is 1. The number of halogens is 1. The number of rotatable bonds is 3. The fourth-order valence-corrected chi connectivity index (χ4v) is 2.06. The number of aryl methyl sites for hydroxylation is 1. The molecule has 3 N–H and O–H groups in total. The summed E-state index contributed by atoms with van der Waals surface area (Å²) in [4.78, 5) is 12.1. The summed E-state index contributed by atoms with van der Waals surface area (Å²) in [6, 6.07) is 11.5. The van der Waals surface area contributed by atoms with E-state index in [0.717, 1.165) is 11.1 Å². The van der Waals surface area contributed by atoms with Gasteiger partial charge in [-0.3, -0.25) is 4.79 Å². The van der Waals surface area contributed by atoms with Gasteiger partial charge in [0.15, 0.2) is 0 Å². The second-order valence-electron chi connectivity index (χ2n) is 4.81. The second kappa shape index (κ2) is 5.74. The highest BCUT2D eigenvalue weighted by Crippen LogP contribution is 2.20. The summed E-state index contributed by atoms with van der Waals surface area (Å²) in [5, 5.41) is 2.75. The lowest BCUT2D eigenvalue weighted by atomic mass is 10.1. The molecule has 1 unspecified atom stereocenters. The number of carbonyl (C=O) groups is 1. The molecule has 1 amide bonds. The minimum Gasteiger partial charge on any atom is -0.398 e. The number of amides is 1. The van der Waals surface area contributed by atoms with Crippen molar-refractivity contribution in [3.63, 3.8) is 0 Å². The summed E-state index contributed by atoms with van der Waals surface area (Å²) in [6.45, 7) is 3.59. The van der Waals surface area contributed by atoms with Crippen LogP contribution in [0, 0.1) is 12.7 Å². The lowest BCUT2D eigenvalue weighted by Gasteiger charge is -2.16. The molecule has 0 heterocycles. The maximum absolute atomic E-state index is 13.7. The number of benzene rings is 2. The molecule has 0 aliphatic carbocycles. The first-order valence-electron chi connectivity index (χ1n) is 6.40. The molecule has 1 atom stereocenters. The largest absolute Gasteiger partial charge is 0.398 e. The van der Waals surface area contributed by atoms with E-state index in [0.29, 0.717) is 5.69 Å². The van der Waals surface area contributed by atoms with E-state index in [2.05, 4.69) is 5.32 Å². The van der Waals surface area contributed by atoms with Crippen molar-refractivity contribution >= 4 is 11.6 Å². The molecule has 2 rings (SSSR count). The van der Waals surface area contributed by atoms with Crippen molar-refractivity contribution in [2.24, 2.45) is 0 Å². The summed E-state index contributed by atoms with van der Waals surface area (Å²) in [5.41, 5.74) is 8.09. The van der Waals surface area contributed by atoms with Crippen LogP contribution in [0.1, 0.15) is 34.5 Å². The minimum atomic E-state index is -0.518. The summed E-state index contributed by atoms with van der Waals surface area (Å²) in [6.07, 6.45) is 0. The minimum absolute atomic E-state index is 0.0388. The van der Waals surface area contributed by atoms with Gasteiger partial charge in [-0.15, -0.1) is 0 Å². The van der Waals surface area contributed by atoms with Gasteiger partial charge in [-0.2, -0.15) is 0 Å². The van der Waals surface area contributed by atoms with Crippen molar-refractivity contribution in [1.29, 1.82) is 0 Å². The van der Waals surface area contributed by atoms with E-state index in [4.69, 9.17) is 5.73 Å². The highest BCUT2D eigenvalue weighted by atomic mass is 19.1. The average molecular weight is 272 g/mol. The first-order valence-corrected chi connectivity index (χ1v) is 6.40. The molecule has 0 aliphatic rings. The van der Waals surface area contributed by atoms with E-state index in [1.165, 1.54) is 12.1 Å². The zero-order valence-electron chi connectivity index (χ0n) is 11.5. The van der Waals surface area contributed by atoms with Gasteiger partial charge in [0.1, 0.15) is 5.82 Å². The predicted molar refractivity (Wildman–Crippen MR) is 77.9 cm³/mol. The van der Waals surface area contributed by atoms with E-state index >= 15 is 0 Å². The van der Waals surface area contributed by atoms with Crippen LogP contribution in [0.15, 0.2) is 42.5 Å². The molecule has 4 heteroatoms. The molecule has 20 heavy (non-hydrogen) atoms. The van der Waals surface area contributed by atoms with Crippen LogP contribution in [0.3, 0.4) is 0 Å². The van der Waals surface area contributed by atoms with Crippen molar-refractivity contribution in [2.45, 2.75) is 19.9 Å². The topological polar surface area (TPSA) is 55.1 Å². The van der Waals surface area contributed by atoms with Crippen molar-refractivity contribution < 1.29 is 9.18 Å². The van der Waals surface area contributed by atoms with Crippen molar-refractivity contribution in [1.82, 2.24) is 5.32 Å². The number of nitrogens with one attached hydrogen (secondary N) is 1. The van der Waals surface area contributed by atoms with E-state index in [-0.39, 0.29) is 11.6 Å². The summed E-state index contributed by atoms with van der Waals surface area (Å²) >= 11 is 0. The Balaban J connectivity index is 2.17. The Morgan fingerprint density at radius 3 is 2.60 bits per heavy atom. The fraction of sp³-hybridized carbons (Fsp3) is 0.188. The highest BCUT2D eigenvalue weighted by Gasteiger charge is 2.16. The summed E-state index contributed by atoms with van der Waals surface area (Å²) < 4.78 is 13.7. The van der Waals surface area contributed by atoms with Gasteiger partial charge < -0.3 is 11.1 Å². The number of nitrogens with two attached hydrogens (primary N) is 1. The van der Waals surface area contributed by atoms with Gasteiger partial charge in [-0.05, 0) is 43.2 Å². The molecule has 0 saturated carbocycles. The van der Waals surface area contributed by atoms with Gasteiger partial charge in [-0.25, -0.2) is 4.39 Å². The van der Waals surface area contributed by atoms with Crippen LogP contribution < -0.4 is 11.1 Å². The van der Waals surface area contributed by atoms with E-state index in [1.54, 1.807) is 19.1 Å². The maximum Gasteiger partial charge on any atom is 0.254 e. The molecule has 0 aromatic heterocycles. The standard InChI is InChI=1S/C16H17FN2O/c1-10-7-8-13(14(17)9-10)16(20)19-11(2)12-5-3-4-6-15(12)18/h3-9,11H,18H2,1-2H3,(H,19,20). The predicted octanol–water partition coefficient (Wildman–Crippen LogP) is 3.21. The monoisotopic (exact) mass is 272 g/mol. The Bertz CT molecular complexity index is 640. The molecule has 0 bridgehead atoms. The maximum atomic E-state index is 13.7. The van der Waals surface area contributed by atoms with Crippen molar-refractivity contribution in [3.8, 4) is 0 Å². The highest BCUT2D eigenvalue weighted by molar-refractivity contribution is 5.94. The number of hydrogen-bond donors (Lipinski definition) is 2. The van der Waals surface area contributed by atoms with Gasteiger partial charge in [-0.1, -0.05) is 24.3 Å². The molecule has 0 spiro atoms. The Kier molecular flexibility index (Phi) is 4.03. The fourth-order valence-electron chi connectivity index (χ4n) is 2.06. The summed E-state index contributed by atoms with van der Waals surface area (Å²) in [5.74, 6) is -0.964. The lowest BCUT2D eigenvalue weighted by Crippen LogP contribution is -2.28. The SMILES string of the molecule is Cc1ccc(C(=O)NC(C)c2ccccc2N)c(F)c1. The Morgan fingerprint density at radius 2 is 1.95 bits per heavy atom. The summed E-state index contributed by atoms with van der Waals surface area (Å²) in [7, 11) is 0. The Hall–Kier alpha value is -2.36. The molecule has 0 aliphatic heterocycles. The third kappa shape index (κ3) is 2.96.